The number of benzene rings is 1. The van der Waals surface area contributed by atoms with Gasteiger partial charge in [0.25, 0.3) is 0 Å². The third kappa shape index (κ3) is 8.09. The largest absolute Gasteiger partial charge is 0.461 e. The van der Waals surface area contributed by atoms with Gasteiger partial charge < -0.3 is 4.74 Å². The number of ether oxygens (including phenoxy) is 1. The fourth-order valence-electron chi connectivity index (χ4n) is 1.47. The van der Waals surface area contributed by atoms with Crippen molar-refractivity contribution < 1.29 is 27.1 Å². The molecule has 0 aliphatic heterocycles. The van der Waals surface area contributed by atoms with Crippen LogP contribution in [-0.2, 0) is 9.53 Å². The van der Waals surface area contributed by atoms with E-state index in [1.165, 1.54) is 37.4 Å². The van der Waals surface area contributed by atoms with Gasteiger partial charge in [-0.3, -0.25) is 4.90 Å². The number of hydrogen-bond donors (Lipinski definition) is 0. The summed E-state index contributed by atoms with van der Waals surface area (Å²) in [5.74, 6) is -1.05. The second kappa shape index (κ2) is 7.78. The zero-order valence-electron chi connectivity index (χ0n) is 11.4. The number of halogens is 4. The lowest BCUT2D eigenvalue weighted by atomic mass is 10.2. The summed E-state index contributed by atoms with van der Waals surface area (Å²) in [6.07, 6.45) is -1.71. The van der Waals surface area contributed by atoms with E-state index in [0.717, 1.165) is 11.0 Å². The molecule has 0 amide bonds. The molecule has 0 bridgehead atoms. The molecular weight excluding hydrogens is 290 g/mol. The third-order valence-electron chi connectivity index (χ3n) is 2.45. The van der Waals surface area contributed by atoms with Crippen molar-refractivity contribution in [2.24, 2.45) is 0 Å². The van der Waals surface area contributed by atoms with Crippen molar-refractivity contribution >= 4 is 12.0 Å². The second-order valence-electron chi connectivity index (χ2n) is 4.41. The zero-order valence-corrected chi connectivity index (χ0v) is 11.4. The number of alkyl halides is 3. The molecule has 0 radical (unpaired) electrons. The average Bonchev–Trinajstić information content (AvgIpc) is 2.36. The first-order valence-corrected chi connectivity index (χ1v) is 6.12. The zero-order chi connectivity index (χ0) is 15.9. The monoisotopic (exact) mass is 305 g/mol. The summed E-state index contributed by atoms with van der Waals surface area (Å²) in [6, 6.07) is 5.46. The predicted octanol–water partition coefficient (Wildman–Crippen LogP) is 2.88. The summed E-state index contributed by atoms with van der Waals surface area (Å²) in [5.41, 5.74) is 0.613. The van der Waals surface area contributed by atoms with Gasteiger partial charge >= 0.3 is 12.1 Å². The van der Waals surface area contributed by atoms with E-state index in [1.807, 2.05) is 0 Å². The standard InChI is InChI=1S/C14H15F4NO2/c1-19(10-14(16,17)18)8-9-21-13(20)7-4-11-2-5-12(15)6-3-11/h2-7H,8-10H2,1H3/b7-4+. The van der Waals surface area contributed by atoms with E-state index >= 15 is 0 Å². The van der Waals surface area contributed by atoms with Gasteiger partial charge in [-0.2, -0.15) is 13.2 Å². The van der Waals surface area contributed by atoms with Gasteiger partial charge in [0, 0.05) is 12.6 Å². The lowest BCUT2D eigenvalue weighted by Gasteiger charge is -2.17. The molecule has 1 aromatic carbocycles. The van der Waals surface area contributed by atoms with Crippen LogP contribution < -0.4 is 0 Å². The molecule has 0 saturated carbocycles. The Bertz CT molecular complexity index is 483. The molecule has 21 heavy (non-hydrogen) atoms. The van der Waals surface area contributed by atoms with Crippen molar-refractivity contribution in [1.82, 2.24) is 4.90 Å². The van der Waals surface area contributed by atoms with Gasteiger partial charge in [-0.1, -0.05) is 12.1 Å². The molecule has 0 aromatic heterocycles. The fourth-order valence-corrected chi connectivity index (χ4v) is 1.47. The third-order valence-corrected chi connectivity index (χ3v) is 2.45. The molecule has 1 rings (SSSR count). The highest BCUT2D eigenvalue weighted by Crippen LogP contribution is 2.15. The van der Waals surface area contributed by atoms with E-state index in [4.69, 9.17) is 4.74 Å². The van der Waals surface area contributed by atoms with Gasteiger partial charge in [0.1, 0.15) is 12.4 Å². The number of rotatable bonds is 6. The molecule has 7 heteroatoms. The summed E-state index contributed by atoms with van der Waals surface area (Å²) in [7, 11) is 1.29. The molecule has 0 aliphatic carbocycles. The maximum absolute atomic E-state index is 12.6. The van der Waals surface area contributed by atoms with E-state index in [1.54, 1.807) is 0 Å². The van der Waals surface area contributed by atoms with Gasteiger partial charge in [-0.15, -0.1) is 0 Å². The Morgan fingerprint density at radius 3 is 2.48 bits per heavy atom. The Labute approximate surface area is 119 Å². The van der Waals surface area contributed by atoms with Crippen molar-refractivity contribution in [3.05, 3.63) is 41.7 Å². The molecule has 0 atom stereocenters. The number of esters is 1. The topological polar surface area (TPSA) is 29.5 Å². The molecule has 0 aliphatic rings. The first-order chi connectivity index (χ1) is 9.76. The smallest absolute Gasteiger partial charge is 0.401 e. The van der Waals surface area contributed by atoms with Crippen molar-refractivity contribution in [3.8, 4) is 0 Å². The second-order valence-corrected chi connectivity index (χ2v) is 4.41. The molecule has 0 saturated heterocycles. The summed E-state index contributed by atoms with van der Waals surface area (Å²) >= 11 is 0. The fraction of sp³-hybridized carbons (Fsp3) is 0.357. The number of hydrogen-bond acceptors (Lipinski definition) is 3. The maximum atomic E-state index is 12.6. The van der Waals surface area contributed by atoms with E-state index in [0.29, 0.717) is 5.56 Å². The maximum Gasteiger partial charge on any atom is 0.401 e. The first-order valence-electron chi connectivity index (χ1n) is 6.12. The van der Waals surface area contributed by atoms with Crippen LogP contribution in [0.3, 0.4) is 0 Å². The van der Waals surface area contributed by atoms with E-state index < -0.39 is 18.7 Å². The molecular formula is C14H15F4NO2. The van der Waals surface area contributed by atoms with Crippen LogP contribution in [0.25, 0.3) is 6.08 Å². The minimum atomic E-state index is -4.28. The van der Waals surface area contributed by atoms with Gasteiger partial charge in [0.05, 0.1) is 6.54 Å². The van der Waals surface area contributed by atoms with Gasteiger partial charge in [-0.25, -0.2) is 9.18 Å². The summed E-state index contributed by atoms with van der Waals surface area (Å²) in [4.78, 5) is 12.3. The van der Waals surface area contributed by atoms with Gasteiger partial charge in [-0.05, 0) is 30.8 Å². The molecule has 0 fully saturated rings. The van der Waals surface area contributed by atoms with E-state index in [9.17, 15) is 22.4 Å². The van der Waals surface area contributed by atoms with Crippen molar-refractivity contribution in [2.45, 2.75) is 6.18 Å². The van der Waals surface area contributed by atoms with Crippen LogP contribution in [0.5, 0.6) is 0 Å². The minimum Gasteiger partial charge on any atom is -0.461 e. The highest BCUT2D eigenvalue weighted by Gasteiger charge is 2.28. The lowest BCUT2D eigenvalue weighted by molar-refractivity contribution is -0.146. The minimum absolute atomic E-state index is 0.0182. The Hall–Kier alpha value is -1.89. The van der Waals surface area contributed by atoms with E-state index in [-0.39, 0.29) is 19.0 Å². The van der Waals surface area contributed by atoms with Gasteiger partial charge in [0.15, 0.2) is 0 Å². The van der Waals surface area contributed by atoms with Crippen LogP contribution in [0.1, 0.15) is 5.56 Å². The Kier molecular flexibility index (Phi) is 6.36. The van der Waals surface area contributed by atoms with Crippen LogP contribution in [0, 0.1) is 5.82 Å². The molecule has 0 spiro atoms. The van der Waals surface area contributed by atoms with Crippen LogP contribution in [0.4, 0.5) is 17.6 Å². The highest BCUT2D eigenvalue weighted by molar-refractivity contribution is 5.87. The number of likely N-dealkylation sites (N-methyl/N-ethyl adjacent to an activating group) is 1. The molecule has 116 valence electrons. The summed E-state index contributed by atoms with van der Waals surface area (Å²) in [6.45, 7) is -1.22. The number of nitrogens with zero attached hydrogens (tertiary/aromatic N) is 1. The normalized spacial score (nSPS) is 12.1. The van der Waals surface area contributed by atoms with Crippen molar-refractivity contribution in [1.29, 1.82) is 0 Å². The van der Waals surface area contributed by atoms with Crippen molar-refractivity contribution in [2.75, 3.05) is 26.7 Å². The van der Waals surface area contributed by atoms with Crippen LogP contribution >= 0.6 is 0 Å². The van der Waals surface area contributed by atoms with Crippen molar-refractivity contribution in [3.63, 3.8) is 0 Å². The average molecular weight is 305 g/mol. The quantitative estimate of drug-likeness (QED) is 0.460. The summed E-state index contributed by atoms with van der Waals surface area (Å²) < 4.78 is 53.5. The Morgan fingerprint density at radius 1 is 1.29 bits per heavy atom. The van der Waals surface area contributed by atoms with Crippen LogP contribution in [0.15, 0.2) is 30.3 Å². The van der Waals surface area contributed by atoms with Crippen LogP contribution in [-0.4, -0.2) is 43.8 Å². The molecule has 3 nitrogen and oxygen atoms in total. The molecule has 0 heterocycles. The number of carbonyl (C=O) groups is 1. The molecule has 0 N–H and O–H groups in total. The SMILES string of the molecule is CN(CCOC(=O)/C=C/c1ccc(F)cc1)CC(F)(F)F. The molecule has 1 aromatic rings. The highest BCUT2D eigenvalue weighted by atomic mass is 19.4. The predicted molar refractivity (Wildman–Crippen MR) is 69.9 cm³/mol. The summed E-state index contributed by atoms with van der Waals surface area (Å²) in [5, 5.41) is 0. The van der Waals surface area contributed by atoms with Gasteiger partial charge in [0.2, 0.25) is 0 Å². The Morgan fingerprint density at radius 2 is 1.90 bits per heavy atom. The number of carbonyl (C=O) groups excluding carboxylic acids is 1. The molecule has 0 unspecified atom stereocenters. The lowest BCUT2D eigenvalue weighted by Crippen LogP contribution is -2.33. The van der Waals surface area contributed by atoms with Crippen LogP contribution in [0.2, 0.25) is 0 Å². The van der Waals surface area contributed by atoms with E-state index in [2.05, 4.69) is 0 Å². The Balaban J connectivity index is 2.29. The first kappa shape index (κ1) is 17.2.